The van der Waals surface area contributed by atoms with Crippen LogP contribution < -0.4 is 5.73 Å². The Hall–Kier alpha value is -2.60. The van der Waals surface area contributed by atoms with E-state index in [0.717, 1.165) is 17.0 Å². The minimum absolute atomic E-state index is 0.378. The molecule has 0 radical (unpaired) electrons. The Kier molecular flexibility index (Phi) is 3.47. The van der Waals surface area contributed by atoms with Crippen LogP contribution in [0.1, 0.15) is 17.2 Å². The Morgan fingerprint density at radius 1 is 1.05 bits per heavy atom. The summed E-state index contributed by atoms with van der Waals surface area (Å²) in [5.41, 5.74) is 8.07. The van der Waals surface area contributed by atoms with Crippen LogP contribution >= 0.6 is 0 Å². The average Bonchev–Trinajstić information content (AvgIpc) is 2.97. The van der Waals surface area contributed by atoms with Crippen molar-refractivity contribution in [2.45, 2.75) is 13.0 Å². The highest BCUT2D eigenvalue weighted by molar-refractivity contribution is 5.52. The zero-order valence-corrected chi connectivity index (χ0v) is 10.7. The van der Waals surface area contributed by atoms with Crippen molar-refractivity contribution in [2.75, 3.05) is 0 Å². The second-order valence-corrected chi connectivity index (χ2v) is 4.25. The maximum Gasteiger partial charge on any atom is 0.258 e. The normalized spacial score (nSPS) is 10.7. The van der Waals surface area contributed by atoms with Crippen LogP contribution in [0.3, 0.4) is 0 Å². The van der Waals surface area contributed by atoms with Gasteiger partial charge in [0.25, 0.3) is 5.89 Å². The van der Waals surface area contributed by atoms with Gasteiger partial charge in [-0.2, -0.15) is 4.98 Å². The Morgan fingerprint density at radius 3 is 2.75 bits per heavy atom. The molecule has 2 N–H and O–H groups in total. The fraction of sp³-hybridized carbons (Fsp3) is 0.143. The molecule has 3 rings (SSSR count). The zero-order chi connectivity index (χ0) is 13.8. The molecule has 0 spiro atoms. The molecule has 6 heteroatoms. The molecule has 0 bridgehead atoms. The first-order valence-electron chi connectivity index (χ1n) is 6.23. The smallest absolute Gasteiger partial charge is 0.258 e. The monoisotopic (exact) mass is 267 g/mol. The van der Waals surface area contributed by atoms with E-state index in [4.69, 9.17) is 10.3 Å². The predicted octanol–water partition coefficient (Wildman–Crippen LogP) is 1.58. The topological polar surface area (TPSA) is 90.7 Å². The van der Waals surface area contributed by atoms with E-state index in [1.54, 1.807) is 12.4 Å². The largest absolute Gasteiger partial charge is 0.334 e. The van der Waals surface area contributed by atoms with Crippen LogP contribution in [-0.4, -0.2) is 20.1 Å². The molecule has 0 fully saturated rings. The summed E-state index contributed by atoms with van der Waals surface area (Å²) in [6.07, 6.45) is 3.96. The Balaban J connectivity index is 1.83. The van der Waals surface area contributed by atoms with Crippen LogP contribution in [0.15, 0.2) is 47.2 Å². The summed E-state index contributed by atoms with van der Waals surface area (Å²) in [5, 5.41) is 3.97. The molecule has 3 aromatic heterocycles. The number of rotatable bonds is 4. The SMILES string of the molecule is NCc1cc(-c2nc(Cc3ccccn3)no2)ccn1. The van der Waals surface area contributed by atoms with Crippen molar-refractivity contribution in [1.29, 1.82) is 0 Å². The third-order valence-electron chi connectivity index (χ3n) is 2.81. The van der Waals surface area contributed by atoms with E-state index in [-0.39, 0.29) is 0 Å². The molecule has 0 aliphatic heterocycles. The summed E-state index contributed by atoms with van der Waals surface area (Å²) >= 11 is 0. The molecule has 0 saturated heterocycles. The third-order valence-corrected chi connectivity index (χ3v) is 2.81. The first kappa shape index (κ1) is 12.4. The Labute approximate surface area is 115 Å². The van der Waals surface area contributed by atoms with Crippen LogP contribution in [0.5, 0.6) is 0 Å². The lowest BCUT2D eigenvalue weighted by molar-refractivity contribution is 0.423. The van der Waals surface area contributed by atoms with Gasteiger partial charge in [0.15, 0.2) is 5.82 Å². The van der Waals surface area contributed by atoms with Crippen molar-refractivity contribution in [1.82, 2.24) is 20.1 Å². The molecule has 100 valence electrons. The minimum Gasteiger partial charge on any atom is -0.334 e. The van der Waals surface area contributed by atoms with Gasteiger partial charge in [-0.1, -0.05) is 11.2 Å². The van der Waals surface area contributed by atoms with Crippen LogP contribution in [0.4, 0.5) is 0 Å². The van der Waals surface area contributed by atoms with Gasteiger partial charge in [0, 0.05) is 30.2 Å². The van der Waals surface area contributed by atoms with Gasteiger partial charge in [0.05, 0.1) is 12.1 Å². The second kappa shape index (κ2) is 5.58. The van der Waals surface area contributed by atoms with Gasteiger partial charge >= 0.3 is 0 Å². The maximum absolute atomic E-state index is 5.57. The van der Waals surface area contributed by atoms with Crippen LogP contribution in [0.2, 0.25) is 0 Å². The average molecular weight is 267 g/mol. The van der Waals surface area contributed by atoms with Gasteiger partial charge < -0.3 is 10.3 Å². The second-order valence-electron chi connectivity index (χ2n) is 4.25. The number of pyridine rings is 2. The predicted molar refractivity (Wildman–Crippen MR) is 72.5 cm³/mol. The van der Waals surface area contributed by atoms with Crippen LogP contribution in [0.25, 0.3) is 11.5 Å². The minimum atomic E-state index is 0.378. The highest BCUT2D eigenvalue weighted by atomic mass is 16.5. The fourth-order valence-corrected chi connectivity index (χ4v) is 1.83. The standard InChI is InChI=1S/C14H13N5O/c15-9-12-7-10(4-6-17-12)14-18-13(19-20-14)8-11-3-1-2-5-16-11/h1-7H,8-9,15H2. The van der Waals surface area contributed by atoms with Crippen molar-refractivity contribution in [3.63, 3.8) is 0 Å². The number of nitrogens with two attached hydrogens (primary N) is 1. The van der Waals surface area contributed by atoms with Crippen LogP contribution in [0, 0.1) is 0 Å². The maximum atomic E-state index is 5.57. The fourth-order valence-electron chi connectivity index (χ4n) is 1.83. The van der Waals surface area contributed by atoms with Gasteiger partial charge in [-0.15, -0.1) is 0 Å². The van der Waals surface area contributed by atoms with Crippen molar-refractivity contribution in [3.8, 4) is 11.5 Å². The lowest BCUT2D eigenvalue weighted by Crippen LogP contribution is -1.99. The first-order valence-corrected chi connectivity index (χ1v) is 6.23. The summed E-state index contributed by atoms with van der Waals surface area (Å²) in [6, 6.07) is 9.39. The van der Waals surface area contributed by atoms with Gasteiger partial charge in [-0.3, -0.25) is 9.97 Å². The molecule has 6 nitrogen and oxygen atoms in total. The lowest BCUT2D eigenvalue weighted by atomic mass is 10.2. The third kappa shape index (κ3) is 2.70. The Morgan fingerprint density at radius 2 is 1.95 bits per heavy atom. The van der Waals surface area contributed by atoms with Crippen molar-refractivity contribution in [2.24, 2.45) is 5.73 Å². The molecule has 0 amide bonds. The van der Waals surface area contributed by atoms with Gasteiger partial charge in [-0.05, 0) is 24.3 Å². The van der Waals surface area contributed by atoms with Gasteiger partial charge in [0.1, 0.15) is 0 Å². The Bertz CT molecular complexity index is 696. The molecule has 0 unspecified atom stereocenters. The number of nitrogens with zero attached hydrogens (tertiary/aromatic N) is 4. The summed E-state index contributed by atoms with van der Waals surface area (Å²) in [7, 11) is 0. The number of aromatic nitrogens is 4. The first-order chi connectivity index (χ1) is 9.85. The van der Waals surface area contributed by atoms with Gasteiger partial charge in [0.2, 0.25) is 0 Å². The van der Waals surface area contributed by atoms with E-state index in [1.165, 1.54) is 0 Å². The van der Waals surface area contributed by atoms with Crippen molar-refractivity contribution >= 4 is 0 Å². The highest BCUT2D eigenvalue weighted by Crippen LogP contribution is 2.17. The lowest BCUT2D eigenvalue weighted by Gasteiger charge is -1.97. The van der Waals surface area contributed by atoms with E-state index in [0.29, 0.717) is 24.7 Å². The number of hydrogen-bond acceptors (Lipinski definition) is 6. The van der Waals surface area contributed by atoms with Crippen molar-refractivity contribution < 1.29 is 4.52 Å². The van der Waals surface area contributed by atoms with E-state index in [2.05, 4.69) is 20.1 Å². The summed E-state index contributed by atoms with van der Waals surface area (Å²) in [4.78, 5) is 12.7. The van der Waals surface area contributed by atoms with E-state index >= 15 is 0 Å². The van der Waals surface area contributed by atoms with Crippen molar-refractivity contribution in [3.05, 3.63) is 59.9 Å². The molecule has 0 aliphatic carbocycles. The molecule has 3 heterocycles. The molecule has 3 aromatic rings. The van der Waals surface area contributed by atoms with Gasteiger partial charge in [-0.25, -0.2) is 0 Å². The zero-order valence-electron chi connectivity index (χ0n) is 10.7. The molecular formula is C14H13N5O. The molecule has 0 saturated carbocycles. The quantitative estimate of drug-likeness (QED) is 0.771. The van der Waals surface area contributed by atoms with E-state index in [1.807, 2.05) is 30.3 Å². The molecular weight excluding hydrogens is 254 g/mol. The molecule has 0 aromatic carbocycles. The summed E-state index contributed by atoms with van der Waals surface area (Å²) < 4.78 is 5.26. The van der Waals surface area contributed by atoms with E-state index < -0.39 is 0 Å². The summed E-state index contributed by atoms with van der Waals surface area (Å²) in [6.45, 7) is 0.378. The van der Waals surface area contributed by atoms with E-state index in [9.17, 15) is 0 Å². The number of hydrogen-bond donors (Lipinski definition) is 1. The molecule has 0 atom stereocenters. The highest BCUT2D eigenvalue weighted by Gasteiger charge is 2.10. The molecule has 0 aliphatic rings. The molecule has 20 heavy (non-hydrogen) atoms. The van der Waals surface area contributed by atoms with Crippen LogP contribution in [-0.2, 0) is 13.0 Å². The summed E-state index contributed by atoms with van der Waals surface area (Å²) in [5.74, 6) is 1.07.